The molecule has 3 atom stereocenters. The molecular formula is C13H28N2O3. The summed E-state index contributed by atoms with van der Waals surface area (Å²) in [5.74, 6) is 0. The van der Waals surface area contributed by atoms with Gasteiger partial charge in [-0.05, 0) is 20.0 Å². The number of aliphatic hydroxyl groups is 2. The molecule has 0 aromatic heterocycles. The molecule has 0 aliphatic carbocycles. The smallest absolute Gasteiger partial charge is 0.105 e. The largest absolute Gasteiger partial charge is 0.390 e. The van der Waals surface area contributed by atoms with Gasteiger partial charge in [-0.2, -0.15) is 0 Å². The van der Waals surface area contributed by atoms with Crippen LogP contribution in [-0.2, 0) is 4.74 Å². The summed E-state index contributed by atoms with van der Waals surface area (Å²) in [6.07, 6.45) is 0.129. The van der Waals surface area contributed by atoms with Gasteiger partial charge in [0.1, 0.15) is 5.60 Å². The van der Waals surface area contributed by atoms with Crippen LogP contribution >= 0.6 is 0 Å². The zero-order valence-corrected chi connectivity index (χ0v) is 11.9. The monoisotopic (exact) mass is 260 g/mol. The second kappa shape index (κ2) is 7.40. The lowest BCUT2D eigenvalue weighted by molar-refractivity contribution is -0.0277. The molecule has 0 radical (unpaired) electrons. The lowest BCUT2D eigenvalue weighted by Gasteiger charge is -2.27. The second-order valence-electron chi connectivity index (χ2n) is 5.14. The van der Waals surface area contributed by atoms with Crippen molar-refractivity contribution in [1.82, 2.24) is 10.2 Å². The van der Waals surface area contributed by atoms with Crippen molar-refractivity contribution in [3.8, 4) is 0 Å². The van der Waals surface area contributed by atoms with Gasteiger partial charge in [-0.15, -0.1) is 0 Å². The fourth-order valence-corrected chi connectivity index (χ4v) is 2.30. The van der Waals surface area contributed by atoms with Gasteiger partial charge in [0, 0.05) is 32.7 Å². The standard InChI is InChI=1S/C13H28N2O3/c1-4-15(5-2)9-12(16)8-14-10-13(17)6-7-18-11(13)3/h11-12,14,16-17H,4-10H2,1-3H3. The van der Waals surface area contributed by atoms with Crippen molar-refractivity contribution in [2.24, 2.45) is 0 Å². The summed E-state index contributed by atoms with van der Waals surface area (Å²) in [4.78, 5) is 2.18. The number of ether oxygens (including phenoxy) is 1. The van der Waals surface area contributed by atoms with E-state index in [1.165, 1.54) is 0 Å². The van der Waals surface area contributed by atoms with Crippen LogP contribution in [0.5, 0.6) is 0 Å². The summed E-state index contributed by atoms with van der Waals surface area (Å²) < 4.78 is 5.36. The molecule has 18 heavy (non-hydrogen) atoms. The summed E-state index contributed by atoms with van der Waals surface area (Å²) >= 11 is 0. The van der Waals surface area contributed by atoms with E-state index in [-0.39, 0.29) is 6.10 Å². The van der Waals surface area contributed by atoms with Gasteiger partial charge in [0.2, 0.25) is 0 Å². The molecule has 1 aliphatic heterocycles. The van der Waals surface area contributed by atoms with Gasteiger partial charge in [0.15, 0.2) is 0 Å². The number of hydrogen-bond acceptors (Lipinski definition) is 5. The highest BCUT2D eigenvalue weighted by Gasteiger charge is 2.39. The van der Waals surface area contributed by atoms with Crippen molar-refractivity contribution < 1.29 is 14.9 Å². The van der Waals surface area contributed by atoms with Crippen molar-refractivity contribution >= 4 is 0 Å². The third-order valence-electron chi connectivity index (χ3n) is 3.83. The van der Waals surface area contributed by atoms with E-state index in [2.05, 4.69) is 24.1 Å². The summed E-state index contributed by atoms with van der Waals surface area (Å²) in [6, 6.07) is 0. The molecule has 3 N–H and O–H groups in total. The van der Waals surface area contributed by atoms with Gasteiger partial charge in [0.05, 0.1) is 12.2 Å². The molecule has 0 aromatic rings. The molecule has 0 saturated carbocycles. The lowest BCUT2D eigenvalue weighted by atomic mass is 9.97. The fraction of sp³-hybridized carbons (Fsp3) is 1.00. The number of rotatable bonds is 8. The van der Waals surface area contributed by atoms with Gasteiger partial charge in [-0.1, -0.05) is 13.8 Å². The van der Waals surface area contributed by atoms with E-state index in [4.69, 9.17) is 4.74 Å². The van der Waals surface area contributed by atoms with Crippen molar-refractivity contribution in [1.29, 1.82) is 0 Å². The fourth-order valence-electron chi connectivity index (χ4n) is 2.30. The Bertz CT molecular complexity index is 236. The third kappa shape index (κ3) is 4.48. The van der Waals surface area contributed by atoms with Gasteiger partial charge >= 0.3 is 0 Å². The van der Waals surface area contributed by atoms with Gasteiger partial charge < -0.3 is 25.2 Å². The molecule has 0 bridgehead atoms. The molecule has 1 fully saturated rings. The molecule has 5 nitrogen and oxygen atoms in total. The first-order valence-electron chi connectivity index (χ1n) is 6.97. The van der Waals surface area contributed by atoms with E-state index in [1.807, 2.05) is 6.92 Å². The van der Waals surface area contributed by atoms with Crippen LogP contribution in [0.2, 0.25) is 0 Å². The maximum absolute atomic E-state index is 10.3. The number of aliphatic hydroxyl groups excluding tert-OH is 1. The van der Waals surface area contributed by atoms with E-state index >= 15 is 0 Å². The predicted molar refractivity (Wildman–Crippen MR) is 71.6 cm³/mol. The van der Waals surface area contributed by atoms with E-state index in [1.54, 1.807) is 0 Å². The predicted octanol–water partition coefficient (Wildman–Crippen LogP) is -0.181. The Kier molecular flexibility index (Phi) is 6.52. The van der Waals surface area contributed by atoms with Crippen LogP contribution < -0.4 is 5.32 Å². The molecule has 1 saturated heterocycles. The maximum Gasteiger partial charge on any atom is 0.105 e. The number of nitrogens with zero attached hydrogens (tertiary/aromatic N) is 1. The van der Waals surface area contributed by atoms with Gasteiger partial charge in [-0.25, -0.2) is 0 Å². The van der Waals surface area contributed by atoms with Crippen LogP contribution in [-0.4, -0.2) is 72.3 Å². The highest BCUT2D eigenvalue weighted by molar-refractivity contribution is 4.91. The van der Waals surface area contributed by atoms with Crippen LogP contribution in [0.4, 0.5) is 0 Å². The topological polar surface area (TPSA) is 65.0 Å². The van der Waals surface area contributed by atoms with Crippen LogP contribution in [0, 0.1) is 0 Å². The van der Waals surface area contributed by atoms with Crippen molar-refractivity contribution in [3.05, 3.63) is 0 Å². The summed E-state index contributed by atoms with van der Waals surface area (Å²) in [6.45, 7) is 10.2. The van der Waals surface area contributed by atoms with E-state index in [0.29, 0.717) is 32.7 Å². The maximum atomic E-state index is 10.3. The number of hydrogen-bond donors (Lipinski definition) is 3. The Morgan fingerprint density at radius 3 is 2.61 bits per heavy atom. The Labute approximate surface area is 110 Å². The van der Waals surface area contributed by atoms with E-state index < -0.39 is 11.7 Å². The Morgan fingerprint density at radius 2 is 2.11 bits per heavy atom. The van der Waals surface area contributed by atoms with Crippen LogP contribution in [0.1, 0.15) is 27.2 Å². The zero-order chi connectivity index (χ0) is 13.6. The number of likely N-dealkylation sites (N-methyl/N-ethyl adjacent to an activating group) is 1. The number of nitrogens with one attached hydrogen (secondary N) is 1. The highest BCUT2D eigenvalue weighted by atomic mass is 16.5. The molecule has 0 aromatic carbocycles. The van der Waals surface area contributed by atoms with Crippen LogP contribution in [0.3, 0.4) is 0 Å². The molecule has 0 spiro atoms. The summed E-state index contributed by atoms with van der Waals surface area (Å²) in [5.41, 5.74) is -0.783. The Balaban J connectivity index is 2.20. The Morgan fingerprint density at radius 1 is 1.44 bits per heavy atom. The average Bonchev–Trinajstić information content (AvgIpc) is 2.67. The van der Waals surface area contributed by atoms with Gasteiger partial charge in [0.25, 0.3) is 0 Å². The molecule has 3 unspecified atom stereocenters. The SMILES string of the molecule is CCN(CC)CC(O)CNCC1(O)CCOC1C. The molecule has 1 heterocycles. The zero-order valence-electron chi connectivity index (χ0n) is 11.9. The molecule has 108 valence electrons. The minimum absolute atomic E-state index is 0.134. The van der Waals surface area contributed by atoms with Crippen LogP contribution in [0.25, 0.3) is 0 Å². The Hall–Kier alpha value is -0.200. The molecule has 1 aliphatic rings. The molecular weight excluding hydrogens is 232 g/mol. The van der Waals surface area contributed by atoms with Crippen LogP contribution in [0.15, 0.2) is 0 Å². The first-order valence-corrected chi connectivity index (χ1v) is 6.97. The van der Waals surface area contributed by atoms with Crippen molar-refractivity contribution in [2.45, 2.75) is 45.0 Å². The van der Waals surface area contributed by atoms with E-state index in [0.717, 1.165) is 13.1 Å². The third-order valence-corrected chi connectivity index (χ3v) is 3.83. The van der Waals surface area contributed by atoms with E-state index in [9.17, 15) is 10.2 Å². The summed E-state index contributed by atoms with van der Waals surface area (Å²) in [5, 5.41) is 23.3. The molecule has 1 rings (SSSR count). The summed E-state index contributed by atoms with van der Waals surface area (Å²) in [7, 11) is 0. The quantitative estimate of drug-likeness (QED) is 0.565. The first kappa shape index (κ1) is 15.9. The average molecular weight is 260 g/mol. The molecule has 0 amide bonds. The minimum Gasteiger partial charge on any atom is -0.390 e. The minimum atomic E-state index is -0.783. The van der Waals surface area contributed by atoms with Crippen molar-refractivity contribution in [3.63, 3.8) is 0 Å². The lowest BCUT2D eigenvalue weighted by Crippen LogP contribution is -2.48. The molecule has 5 heteroatoms. The van der Waals surface area contributed by atoms with Crippen molar-refractivity contribution in [2.75, 3.05) is 39.3 Å². The highest BCUT2D eigenvalue weighted by Crippen LogP contribution is 2.24. The first-order chi connectivity index (χ1) is 8.51. The normalized spacial score (nSPS) is 30.0. The van der Waals surface area contributed by atoms with Gasteiger partial charge in [-0.3, -0.25) is 0 Å². The second-order valence-corrected chi connectivity index (χ2v) is 5.14.